The van der Waals surface area contributed by atoms with E-state index in [1.807, 2.05) is 0 Å². The van der Waals surface area contributed by atoms with Crippen LogP contribution in [0.2, 0.25) is 0 Å². The summed E-state index contributed by atoms with van der Waals surface area (Å²) in [6.07, 6.45) is 5.17. The SMILES string of the molecule is CC1CC(COC(=O)N(C)C)OC2C1C1(C)CCC34C(CCC5C(C)(C)C(O)CCC53C4C)C1(N)C2O. The molecule has 210 valence electrons. The minimum Gasteiger partial charge on any atom is -0.447 e. The Kier molecular flexibility index (Phi) is 5.59. The highest BCUT2D eigenvalue weighted by atomic mass is 16.6. The van der Waals surface area contributed by atoms with Crippen molar-refractivity contribution in [1.29, 1.82) is 0 Å². The molecule has 2 spiro atoms. The summed E-state index contributed by atoms with van der Waals surface area (Å²) in [6, 6.07) is 0. The highest BCUT2D eigenvalue weighted by Crippen LogP contribution is 2.89. The first-order chi connectivity index (χ1) is 17.2. The van der Waals surface area contributed by atoms with Crippen LogP contribution in [0.25, 0.3) is 0 Å². The molecular formula is C30H50N2O5. The van der Waals surface area contributed by atoms with Crippen molar-refractivity contribution >= 4 is 6.09 Å². The molecule has 0 aromatic heterocycles. The molecule has 4 N–H and O–H groups in total. The van der Waals surface area contributed by atoms with Crippen molar-refractivity contribution in [3.8, 4) is 0 Å². The number of hydrogen-bond acceptors (Lipinski definition) is 6. The number of hydrogen-bond donors (Lipinski definition) is 3. The lowest BCUT2D eigenvalue weighted by Gasteiger charge is -2.63. The number of amides is 1. The molecule has 7 heteroatoms. The van der Waals surface area contributed by atoms with Crippen LogP contribution in [0.4, 0.5) is 4.79 Å². The first kappa shape index (κ1) is 26.3. The lowest BCUT2D eigenvalue weighted by atomic mass is 9.43. The van der Waals surface area contributed by atoms with Gasteiger partial charge in [0.2, 0.25) is 0 Å². The van der Waals surface area contributed by atoms with E-state index in [9.17, 15) is 15.0 Å². The molecule has 0 radical (unpaired) electrons. The topological polar surface area (TPSA) is 105 Å². The maximum absolute atomic E-state index is 12.1. The molecule has 0 bridgehead atoms. The van der Waals surface area contributed by atoms with Crippen LogP contribution in [-0.4, -0.2) is 71.9 Å². The second-order valence-corrected chi connectivity index (χ2v) is 15.1. The number of aliphatic hydroxyl groups excluding tert-OH is 2. The number of nitrogens with two attached hydrogens (primary N) is 1. The van der Waals surface area contributed by atoms with Gasteiger partial charge in [-0.1, -0.05) is 34.6 Å². The zero-order chi connectivity index (χ0) is 26.9. The maximum atomic E-state index is 12.1. The molecule has 0 aromatic carbocycles. The molecular weight excluding hydrogens is 468 g/mol. The predicted molar refractivity (Wildman–Crippen MR) is 140 cm³/mol. The van der Waals surface area contributed by atoms with Crippen molar-refractivity contribution < 1.29 is 24.5 Å². The first-order valence-corrected chi connectivity index (χ1v) is 14.9. The van der Waals surface area contributed by atoms with Gasteiger partial charge >= 0.3 is 6.09 Å². The van der Waals surface area contributed by atoms with Crippen molar-refractivity contribution in [3.05, 3.63) is 0 Å². The Bertz CT molecular complexity index is 972. The van der Waals surface area contributed by atoms with Crippen LogP contribution in [0.1, 0.15) is 79.6 Å². The van der Waals surface area contributed by atoms with Crippen LogP contribution >= 0.6 is 0 Å². The van der Waals surface area contributed by atoms with E-state index in [2.05, 4.69) is 34.6 Å². The molecule has 13 atom stereocenters. The van der Waals surface area contributed by atoms with Gasteiger partial charge in [-0.2, -0.15) is 0 Å². The van der Waals surface area contributed by atoms with Crippen LogP contribution in [0.5, 0.6) is 0 Å². The largest absolute Gasteiger partial charge is 0.447 e. The number of carbonyl (C=O) groups is 1. The Hall–Kier alpha value is -0.890. The highest BCUT2D eigenvalue weighted by Gasteiger charge is 2.88. The fourth-order valence-corrected chi connectivity index (χ4v) is 12.2. The fraction of sp³-hybridized carbons (Fsp3) is 0.967. The molecule has 5 aliphatic carbocycles. The molecule has 6 aliphatic rings. The number of aliphatic hydroxyl groups is 2. The van der Waals surface area contributed by atoms with E-state index in [0.29, 0.717) is 17.8 Å². The van der Waals surface area contributed by atoms with E-state index in [1.54, 1.807) is 14.1 Å². The molecule has 6 rings (SSSR count). The Morgan fingerprint density at radius 2 is 1.68 bits per heavy atom. The molecule has 1 amide bonds. The quantitative estimate of drug-likeness (QED) is 0.514. The summed E-state index contributed by atoms with van der Waals surface area (Å²) in [7, 11) is 3.36. The third-order valence-electron chi connectivity index (χ3n) is 13.8. The van der Waals surface area contributed by atoms with Crippen LogP contribution in [-0.2, 0) is 9.47 Å². The molecule has 7 nitrogen and oxygen atoms in total. The number of ether oxygens (including phenoxy) is 2. The smallest absolute Gasteiger partial charge is 0.409 e. The first-order valence-electron chi connectivity index (χ1n) is 14.9. The second kappa shape index (κ2) is 7.86. The summed E-state index contributed by atoms with van der Waals surface area (Å²) < 4.78 is 12.1. The van der Waals surface area contributed by atoms with E-state index in [-0.39, 0.29) is 64.5 Å². The summed E-state index contributed by atoms with van der Waals surface area (Å²) >= 11 is 0. The number of nitrogens with zero attached hydrogens (tertiary/aromatic N) is 1. The fourth-order valence-electron chi connectivity index (χ4n) is 12.2. The summed E-state index contributed by atoms with van der Waals surface area (Å²) in [5.74, 6) is 1.86. The molecule has 6 fully saturated rings. The third-order valence-corrected chi connectivity index (χ3v) is 13.8. The second-order valence-electron chi connectivity index (χ2n) is 15.1. The number of rotatable bonds is 2. The Balaban J connectivity index is 1.32. The Morgan fingerprint density at radius 1 is 1.03 bits per heavy atom. The molecule has 37 heavy (non-hydrogen) atoms. The van der Waals surface area contributed by atoms with E-state index >= 15 is 0 Å². The summed E-state index contributed by atoms with van der Waals surface area (Å²) in [5.41, 5.74) is 7.05. The van der Waals surface area contributed by atoms with Gasteiger partial charge in [0, 0.05) is 14.1 Å². The van der Waals surface area contributed by atoms with Gasteiger partial charge in [0.05, 0.1) is 30.0 Å². The minimum atomic E-state index is -0.733. The van der Waals surface area contributed by atoms with Crippen molar-refractivity contribution in [2.45, 2.75) is 110 Å². The number of carbonyl (C=O) groups excluding carboxylic acids is 1. The normalized spacial score (nSPS) is 57.2. The van der Waals surface area contributed by atoms with Gasteiger partial charge in [0.1, 0.15) is 6.61 Å². The molecule has 13 unspecified atom stereocenters. The van der Waals surface area contributed by atoms with Crippen molar-refractivity contribution in [2.75, 3.05) is 20.7 Å². The maximum Gasteiger partial charge on any atom is 0.409 e. The standard InChI is InChI=1S/C30H50N2O5/c1-16-14-18(15-36-25(35)32(6)7)37-23-22(16)27(5)12-13-29-17(2)28(29)11-10-21(33)26(3,4)19(28)8-9-20(29)30(27,31)24(23)34/h16-24,33-34H,8-15,31H2,1-7H3. The van der Waals surface area contributed by atoms with Crippen molar-refractivity contribution in [2.24, 2.45) is 57.0 Å². The third kappa shape index (κ3) is 2.86. The highest BCUT2D eigenvalue weighted by molar-refractivity contribution is 5.66. The van der Waals surface area contributed by atoms with Crippen LogP contribution in [0.15, 0.2) is 0 Å². The Morgan fingerprint density at radius 3 is 2.35 bits per heavy atom. The molecule has 5 saturated carbocycles. The molecule has 0 aromatic rings. The average molecular weight is 519 g/mol. The van der Waals surface area contributed by atoms with Gasteiger partial charge in [-0.05, 0) is 96.2 Å². The molecule has 1 aliphatic heterocycles. The van der Waals surface area contributed by atoms with Gasteiger partial charge in [-0.25, -0.2) is 4.79 Å². The number of fused-ring (bicyclic) bond motifs is 4. The van der Waals surface area contributed by atoms with E-state index in [0.717, 1.165) is 38.5 Å². The monoisotopic (exact) mass is 518 g/mol. The van der Waals surface area contributed by atoms with Gasteiger partial charge in [-0.15, -0.1) is 0 Å². The summed E-state index contributed by atoms with van der Waals surface area (Å²) in [5, 5.41) is 23.1. The lowest BCUT2D eigenvalue weighted by molar-refractivity contribution is -0.153. The van der Waals surface area contributed by atoms with E-state index in [1.165, 1.54) is 11.3 Å². The van der Waals surface area contributed by atoms with Gasteiger partial charge in [0.15, 0.2) is 0 Å². The van der Waals surface area contributed by atoms with Gasteiger partial charge in [0.25, 0.3) is 0 Å². The zero-order valence-corrected chi connectivity index (χ0v) is 24.0. The van der Waals surface area contributed by atoms with Gasteiger partial charge < -0.3 is 30.3 Å². The predicted octanol–water partition coefficient (Wildman–Crippen LogP) is 3.80. The minimum absolute atomic E-state index is 0.0827. The average Bonchev–Trinajstić information content (AvgIpc) is 3.31. The van der Waals surface area contributed by atoms with Crippen LogP contribution in [0, 0.1) is 51.2 Å². The van der Waals surface area contributed by atoms with Crippen molar-refractivity contribution in [1.82, 2.24) is 4.90 Å². The van der Waals surface area contributed by atoms with Gasteiger partial charge in [-0.3, -0.25) is 0 Å². The molecule has 1 heterocycles. The summed E-state index contributed by atoms with van der Waals surface area (Å²) in [6.45, 7) is 11.8. The van der Waals surface area contributed by atoms with Crippen molar-refractivity contribution in [3.63, 3.8) is 0 Å². The Labute approximate surface area is 222 Å². The van der Waals surface area contributed by atoms with E-state index < -0.39 is 11.6 Å². The lowest BCUT2D eigenvalue weighted by Crippen LogP contribution is -2.70. The zero-order valence-electron chi connectivity index (χ0n) is 24.0. The van der Waals surface area contributed by atoms with E-state index in [4.69, 9.17) is 15.2 Å². The summed E-state index contributed by atoms with van der Waals surface area (Å²) in [4.78, 5) is 13.5. The molecule has 1 saturated heterocycles. The van der Waals surface area contributed by atoms with Crippen LogP contribution < -0.4 is 5.73 Å². The van der Waals surface area contributed by atoms with Crippen LogP contribution in [0.3, 0.4) is 0 Å².